The maximum atomic E-state index is 13.8. The summed E-state index contributed by atoms with van der Waals surface area (Å²) in [5.41, 5.74) is 3.69. The van der Waals surface area contributed by atoms with Gasteiger partial charge in [0, 0.05) is 17.9 Å². The first-order valence-corrected chi connectivity index (χ1v) is 24.1. The topological polar surface area (TPSA) is 30.2 Å². The van der Waals surface area contributed by atoms with E-state index in [0.29, 0.717) is 39.1 Å². The molecule has 5 aliphatic carbocycles. The van der Waals surface area contributed by atoms with Gasteiger partial charge >= 0.3 is 5.97 Å². The summed E-state index contributed by atoms with van der Waals surface area (Å²) in [7, 11) is 0. The number of nitrogens with zero attached hydrogens (tertiary/aromatic N) is 1. The molecule has 0 saturated heterocycles. The van der Waals surface area contributed by atoms with Crippen molar-refractivity contribution in [1.82, 2.24) is 0 Å². The molecule has 6 rings (SSSR count). The van der Waals surface area contributed by atoms with E-state index in [1.54, 1.807) is 0 Å². The van der Waals surface area contributed by atoms with E-state index < -0.39 is 0 Å². The van der Waals surface area contributed by atoms with Crippen LogP contribution in [0.3, 0.4) is 0 Å². The molecule has 5 fully saturated rings. The number of rotatable bonds is 18. The monoisotopic (exact) mass is 836 g/mol. The molecule has 0 aliphatic heterocycles. The van der Waals surface area contributed by atoms with Crippen molar-refractivity contribution in [2.24, 2.45) is 56.7 Å². The summed E-state index contributed by atoms with van der Waals surface area (Å²) in [6.45, 7) is 25.9. The summed E-state index contributed by atoms with van der Waals surface area (Å²) in [5.74, 6) is 3.55. The highest BCUT2D eigenvalue weighted by atomic mass is 79.9. The molecule has 4 heteroatoms. The number of unbranched alkanes of at least 4 members (excludes halogenated alkanes) is 13. The Morgan fingerprint density at radius 3 is 1.98 bits per heavy atom. The van der Waals surface area contributed by atoms with Crippen molar-refractivity contribution in [1.29, 1.82) is 0 Å². The summed E-state index contributed by atoms with van der Waals surface area (Å²) in [6.07, 6.45) is 36.5. The molecule has 0 bridgehead atoms. The lowest BCUT2D eigenvalue weighted by molar-refractivity contribution is -0.697. The maximum Gasteiger partial charge on any atom is 0.344 e. The molecule has 0 aromatic carbocycles. The Kier molecular flexibility index (Phi) is 15.6. The largest absolute Gasteiger partial charge is 1.00 e. The molecule has 0 spiro atoms. The molecule has 0 unspecified atom stereocenters. The Hall–Kier alpha value is -1.16. The Bertz CT molecular complexity index is 1450. The first kappa shape index (κ1) is 45.9. The summed E-state index contributed by atoms with van der Waals surface area (Å²) in [6, 6.07) is 4.01. The Balaban J connectivity index is 0.00000600. The Morgan fingerprint density at radius 1 is 0.732 bits per heavy atom. The van der Waals surface area contributed by atoms with Crippen LogP contribution in [-0.2, 0) is 11.3 Å². The van der Waals surface area contributed by atoms with E-state index in [2.05, 4.69) is 72.7 Å². The lowest BCUT2D eigenvalue weighted by atomic mass is 9.32. The van der Waals surface area contributed by atoms with Gasteiger partial charge in [-0.05, 0) is 135 Å². The zero-order chi connectivity index (χ0) is 39.5. The van der Waals surface area contributed by atoms with Crippen LogP contribution < -0.4 is 21.5 Å². The fourth-order valence-electron chi connectivity index (χ4n) is 15.1. The molecule has 318 valence electrons. The van der Waals surface area contributed by atoms with Gasteiger partial charge in [0.25, 0.3) is 0 Å². The van der Waals surface area contributed by atoms with Crippen LogP contribution in [0.25, 0.3) is 0 Å². The number of fused-ring (bicyclic) bond motifs is 7. The fraction of sp³-hybridized carbons (Fsp3) is 0.846. The van der Waals surface area contributed by atoms with Crippen molar-refractivity contribution in [3.8, 4) is 0 Å². The molecule has 1 aromatic rings. The summed E-state index contributed by atoms with van der Waals surface area (Å²) in [4.78, 5) is 13.8. The van der Waals surface area contributed by atoms with Crippen LogP contribution in [0.2, 0.25) is 0 Å². The number of allylic oxidation sites excluding steroid dienone is 1. The SMILES string of the molecule is C=C(C)[C@@H]1CC[C@]2(C)CC[C@]3(C)[C@@H](CC[C@@H]4[C@@]5(C)CC[C@H](OC(=O)c6ccc[n+](CCCCCCCCCCCCCCCC)c6)C(C)(C)[C@@H]5CC[C@]43C)[C@H]12.[Br-]. The average Bonchev–Trinajstić information content (AvgIpc) is 3.51. The molecule has 1 aromatic heterocycles. The molecule has 1 heterocycles. The van der Waals surface area contributed by atoms with Crippen LogP contribution in [0.15, 0.2) is 36.7 Å². The summed E-state index contributed by atoms with van der Waals surface area (Å²) in [5, 5.41) is 0. The minimum absolute atomic E-state index is 0. The van der Waals surface area contributed by atoms with Gasteiger partial charge in [-0.15, -0.1) is 0 Å². The smallest absolute Gasteiger partial charge is 0.344 e. The normalized spacial score (nSPS) is 37.0. The number of aryl methyl sites for hydroxylation is 1. The van der Waals surface area contributed by atoms with Gasteiger partial charge in [0.15, 0.2) is 12.4 Å². The van der Waals surface area contributed by atoms with Gasteiger partial charge in [-0.2, -0.15) is 0 Å². The summed E-state index contributed by atoms with van der Waals surface area (Å²) < 4.78 is 8.79. The fourth-order valence-corrected chi connectivity index (χ4v) is 15.1. The third-order valence-corrected chi connectivity index (χ3v) is 18.5. The van der Waals surface area contributed by atoms with Gasteiger partial charge in [0.1, 0.15) is 18.2 Å². The number of hydrogen-bond acceptors (Lipinski definition) is 2. The molecule has 5 saturated carbocycles. The van der Waals surface area contributed by atoms with Crippen molar-refractivity contribution < 1.29 is 31.1 Å². The minimum atomic E-state index is -0.125. The third kappa shape index (κ3) is 8.97. The first-order chi connectivity index (χ1) is 26.2. The number of ether oxygens (including phenoxy) is 1. The van der Waals surface area contributed by atoms with E-state index in [9.17, 15) is 4.79 Å². The highest BCUT2D eigenvalue weighted by Gasteiger charge is 2.70. The quantitative estimate of drug-likeness (QED) is 0.0638. The zero-order valence-electron chi connectivity index (χ0n) is 37.8. The van der Waals surface area contributed by atoms with Crippen LogP contribution in [0.4, 0.5) is 0 Å². The molecular formula is C52H86BrNO2. The van der Waals surface area contributed by atoms with Crippen LogP contribution in [-0.4, -0.2) is 12.1 Å². The van der Waals surface area contributed by atoms with Gasteiger partial charge in [-0.3, -0.25) is 0 Å². The van der Waals surface area contributed by atoms with E-state index in [4.69, 9.17) is 4.74 Å². The number of aromatic nitrogens is 1. The number of carbonyl (C=O) groups is 1. The van der Waals surface area contributed by atoms with Gasteiger partial charge in [-0.25, -0.2) is 9.36 Å². The molecule has 5 aliphatic rings. The highest BCUT2D eigenvalue weighted by Crippen LogP contribution is 2.77. The molecule has 3 nitrogen and oxygen atoms in total. The molecule has 56 heavy (non-hydrogen) atoms. The standard InChI is InChI=1S/C52H86NO2.BrH/c1-10-11-12-13-14-15-16-17-18-19-20-21-22-23-36-53-37-24-25-40(38-53)47(54)55-45-30-32-50(7)43(48(45,4)5)29-33-52(9)44(50)27-26-42-46-41(39(2)3)28-31-49(46,6)34-35-51(42,52)8;/h24-25,37-38,41-46H,2,10-23,26-36H2,1,3-9H3;1H/q+1;/p-1/t41-,42-,43-,44+,45-,46-,49+,50-,51+,52+;/m0./s1. The number of halogens is 1. The highest BCUT2D eigenvalue weighted by molar-refractivity contribution is 5.88. The Morgan fingerprint density at radius 2 is 1.36 bits per heavy atom. The van der Waals surface area contributed by atoms with Crippen molar-refractivity contribution in [2.45, 2.75) is 222 Å². The lowest BCUT2D eigenvalue weighted by Crippen LogP contribution is -3.00. The Labute approximate surface area is 356 Å². The number of pyridine rings is 1. The van der Waals surface area contributed by atoms with Crippen molar-refractivity contribution in [2.75, 3.05) is 0 Å². The molecule has 0 N–H and O–H groups in total. The second-order valence-corrected chi connectivity index (χ2v) is 22.0. The number of hydrogen-bond donors (Lipinski definition) is 0. The average molecular weight is 837 g/mol. The second-order valence-electron chi connectivity index (χ2n) is 22.0. The van der Waals surface area contributed by atoms with Crippen LogP contribution in [0.1, 0.15) is 220 Å². The molecule has 0 radical (unpaired) electrons. The van der Waals surface area contributed by atoms with Crippen molar-refractivity contribution in [3.63, 3.8) is 0 Å². The predicted molar refractivity (Wildman–Crippen MR) is 231 cm³/mol. The van der Waals surface area contributed by atoms with Gasteiger partial charge in [-0.1, -0.05) is 138 Å². The van der Waals surface area contributed by atoms with E-state index in [-0.39, 0.29) is 34.5 Å². The first-order valence-electron chi connectivity index (χ1n) is 24.1. The van der Waals surface area contributed by atoms with Crippen molar-refractivity contribution in [3.05, 3.63) is 42.2 Å². The van der Waals surface area contributed by atoms with E-state index in [1.165, 1.54) is 153 Å². The number of carbonyl (C=O) groups excluding carboxylic acids is 1. The third-order valence-electron chi connectivity index (χ3n) is 18.5. The van der Waals surface area contributed by atoms with Crippen LogP contribution in [0, 0.1) is 56.7 Å². The molecular weight excluding hydrogens is 750 g/mol. The minimum Gasteiger partial charge on any atom is -1.00 e. The predicted octanol–water partition coefficient (Wildman–Crippen LogP) is 11.7. The maximum absolute atomic E-state index is 13.8. The van der Waals surface area contributed by atoms with Gasteiger partial charge < -0.3 is 21.7 Å². The van der Waals surface area contributed by atoms with Crippen LogP contribution in [0.5, 0.6) is 0 Å². The van der Waals surface area contributed by atoms with Crippen LogP contribution >= 0.6 is 0 Å². The van der Waals surface area contributed by atoms with E-state index in [1.807, 2.05) is 18.3 Å². The van der Waals surface area contributed by atoms with E-state index >= 15 is 0 Å². The lowest BCUT2D eigenvalue weighted by Gasteiger charge is -2.73. The van der Waals surface area contributed by atoms with E-state index in [0.717, 1.165) is 30.7 Å². The molecule has 10 atom stereocenters. The molecule has 0 amide bonds. The summed E-state index contributed by atoms with van der Waals surface area (Å²) >= 11 is 0. The van der Waals surface area contributed by atoms with Gasteiger partial charge in [0.2, 0.25) is 0 Å². The van der Waals surface area contributed by atoms with Gasteiger partial charge in [0.05, 0.1) is 0 Å². The van der Waals surface area contributed by atoms with Crippen molar-refractivity contribution >= 4 is 5.97 Å². The zero-order valence-corrected chi connectivity index (χ0v) is 39.4. The second kappa shape index (κ2) is 19.0. The number of esters is 1.